The van der Waals surface area contributed by atoms with E-state index in [1.165, 1.54) is 15.9 Å². The van der Waals surface area contributed by atoms with Crippen LogP contribution >= 0.6 is 11.3 Å². The SMILES string of the molecule is C=CCN1C(=O)C(=c2sc3nc(-c4ccc(OC)cc4)nn3c2=O)c2ccccc21. The molecule has 30 heavy (non-hydrogen) atoms. The summed E-state index contributed by atoms with van der Waals surface area (Å²) >= 11 is 1.17. The van der Waals surface area contributed by atoms with E-state index in [1.54, 1.807) is 18.1 Å². The van der Waals surface area contributed by atoms with Crippen LogP contribution in [0.25, 0.3) is 21.9 Å². The van der Waals surface area contributed by atoms with Crippen LogP contribution in [0.15, 0.2) is 66.0 Å². The Morgan fingerprint density at radius 1 is 1.13 bits per heavy atom. The maximum atomic E-state index is 13.1. The van der Waals surface area contributed by atoms with E-state index in [4.69, 9.17) is 4.74 Å². The lowest BCUT2D eigenvalue weighted by Gasteiger charge is -2.13. The number of carbonyl (C=O) groups excluding carboxylic acids is 1. The summed E-state index contributed by atoms with van der Waals surface area (Å²) in [6.07, 6.45) is 1.67. The molecule has 0 atom stereocenters. The van der Waals surface area contributed by atoms with Crippen molar-refractivity contribution in [3.63, 3.8) is 0 Å². The number of carbonyl (C=O) groups is 1. The number of hydrogen-bond donors (Lipinski definition) is 0. The number of anilines is 1. The molecule has 0 spiro atoms. The number of amides is 1. The number of fused-ring (bicyclic) bond motifs is 2. The van der Waals surface area contributed by atoms with Crippen molar-refractivity contribution in [3.8, 4) is 17.1 Å². The van der Waals surface area contributed by atoms with Crippen molar-refractivity contribution >= 4 is 33.5 Å². The molecule has 0 saturated heterocycles. The van der Waals surface area contributed by atoms with Gasteiger partial charge in [0, 0.05) is 17.7 Å². The second-order valence-electron chi connectivity index (χ2n) is 6.69. The minimum Gasteiger partial charge on any atom is -0.497 e. The van der Waals surface area contributed by atoms with Gasteiger partial charge in [-0.2, -0.15) is 9.50 Å². The standard InChI is InChI=1S/C22H16N4O3S/c1-3-12-25-16-7-5-4-6-15(16)17(20(25)27)18-21(28)26-22(30-18)23-19(24-26)13-8-10-14(29-2)11-9-13/h3-11H,1,12H2,2H3. The lowest BCUT2D eigenvalue weighted by atomic mass is 10.1. The Balaban J connectivity index is 1.68. The molecular formula is C22H16N4O3S. The molecule has 0 N–H and O–H groups in total. The molecule has 4 aromatic rings. The van der Waals surface area contributed by atoms with Gasteiger partial charge in [0.15, 0.2) is 5.82 Å². The summed E-state index contributed by atoms with van der Waals surface area (Å²) < 4.78 is 6.77. The third-order valence-corrected chi connectivity index (χ3v) is 6.00. The maximum absolute atomic E-state index is 13.1. The molecule has 2 aromatic heterocycles. The van der Waals surface area contributed by atoms with Crippen LogP contribution in [0.3, 0.4) is 0 Å². The molecule has 8 heteroatoms. The first-order chi connectivity index (χ1) is 14.6. The molecule has 0 fully saturated rings. The first kappa shape index (κ1) is 18.3. The van der Waals surface area contributed by atoms with E-state index in [0.29, 0.717) is 27.4 Å². The van der Waals surface area contributed by atoms with Crippen LogP contribution in [0.2, 0.25) is 0 Å². The molecule has 0 aliphatic carbocycles. The number of nitrogens with zero attached hydrogens (tertiary/aromatic N) is 4. The number of ether oxygens (including phenoxy) is 1. The van der Waals surface area contributed by atoms with Crippen LogP contribution in [0.1, 0.15) is 5.56 Å². The molecule has 1 aliphatic heterocycles. The Hall–Kier alpha value is -3.78. The van der Waals surface area contributed by atoms with E-state index in [-0.39, 0.29) is 11.5 Å². The number of methoxy groups -OCH3 is 1. The first-order valence-electron chi connectivity index (χ1n) is 9.23. The van der Waals surface area contributed by atoms with Gasteiger partial charge in [0.25, 0.3) is 11.5 Å². The van der Waals surface area contributed by atoms with Gasteiger partial charge in [0.1, 0.15) is 10.3 Å². The Kier molecular flexibility index (Phi) is 4.22. The summed E-state index contributed by atoms with van der Waals surface area (Å²) in [4.78, 5) is 32.8. The summed E-state index contributed by atoms with van der Waals surface area (Å²) in [6.45, 7) is 4.10. The number of rotatable bonds is 4. The van der Waals surface area contributed by atoms with Crippen LogP contribution in [0.4, 0.5) is 5.69 Å². The van der Waals surface area contributed by atoms with E-state index in [2.05, 4.69) is 16.7 Å². The quantitative estimate of drug-likeness (QED) is 0.477. The topological polar surface area (TPSA) is 76.8 Å². The van der Waals surface area contributed by atoms with Gasteiger partial charge in [-0.15, -0.1) is 11.7 Å². The van der Waals surface area contributed by atoms with E-state index in [9.17, 15) is 9.59 Å². The van der Waals surface area contributed by atoms with Crippen LogP contribution in [-0.2, 0) is 4.79 Å². The molecule has 0 radical (unpaired) electrons. The zero-order valence-corrected chi connectivity index (χ0v) is 16.8. The smallest absolute Gasteiger partial charge is 0.291 e. The second kappa shape index (κ2) is 6.93. The summed E-state index contributed by atoms with van der Waals surface area (Å²) in [5.41, 5.74) is 2.33. The fraction of sp³-hybridized carbons (Fsp3) is 0.0909. The maximum Gasteiger partial charge on any atom is 0.291 e. The molecule has 2 aromatic carbocycles. The summed E-state index contributed by atoms with van der Waals surface area (Å²) in [6, 6.07) is 14.7. The Labute approximate surface area is 175 Å². The highest BCUT2D eigenvalue weighted by Crippen LogP contribution is 2.35. The Morgan fingerprint density at radius 3 is 2.60 bits per heavy atom. The summed E-state index contributed by atoms with van der Waals surface area (Å²) in [5, 5.41) is 4.37. The van der Waals surface area contributed by atoms with Crippen molar-refractivity contribution in [2.24, 2.45) is 0 Å². The number of hydrogen-bond acceptors (Lipinski definition) is 6. The molecule has 0 saturated carbocycles. The van der Waals surface area contributed by atoms with Crippen molar-refractivity contribution in [2.75, 3.05) is 18.6 Å². The predicted octanol–water partition coefficient (Wildman–Crippen LogP) is 2.28. The van der Waals surface area contributed by atoms with Gasteiger partial charge < -0.3 is 9.64 Å². The predicted molar refractivity (Wildman–Crippen MR) is 116 cm³/mol. The van der Waals surface area contributed by atoms with Crippen LogP contribution in [-0.4, -0.2) is 34.2 Å². The van der Waals surface area contributed by atoms with Crippen LogP contribution < -0.4 is 19.7 Å². The van der Waals surface area contributed by atoms with Crippen molar-refractivity contribution in [1.29, 1.82) is 0 Å². The zero-order valence-electron chi connectivity index (χ0n) is 16.0. The van der Waals surface area contributed by atoms with Gasteiger partial charge in [-0.05, 0) is 30.3 Å². The van der Waals surface area contributed by atoms with E-state index < -0.39 is 0 Å². The average Bonchev–Trinajstić information content (AvgIpc) is 3.40. The number of benzene rings is 2. The largest absolute Gasteiger partial charge is 0.497 e. The fourth-order valence-corrected chi connectivity index (χ4v) is 4.56. The fourth-order valence-electron chi connectivity index (χ4n) is 3.56. The Morgan fingerprint density at radius 2 is 1.90 bits per heavy atom. The molecular weight excluding hydrogens is 400 g/mol. The molecule has 1 aliphatic rings. The van der Waals surface area contributed by atoms with E-state index in [0.717, 1.165) is 22.6 Å². The van der Waals surface area contributed by atoms with Gasteiger partial charge in [-0.3, -0.25) is 9.59 Å². The van der Waals surface area contributed by atoms with Crippen molar-refractivity contribution < 1.29 is 9.53 Å². The monoisotopic (exact) mass is 416 g/mol. The van der Waals surface area contributed by atoms with Crippen LogP contribution in [0, 0.1) is 0 Å². The summed E-state index contributed by atoms with van der Waals surface area (Å²) in [5.74, 6) is 0.961. The highest BCUT2D eigenvalue weighted by molar-refractivity contribution is 7.15. The number of para-hydroxylation sites is 1. The highest BCUT2D eigenvalue weighted by Gasteiger charge is 2.33. The van der Waals surface area contributed by atoms with E-state index >= 15 is 0 Å². The molecule has 148 valence electrons. The minimum absolute atomic E-state index is 0.215. The van der Waals surface area contributed by atoms with Gasteiger partial charge >= 0.3 is 0 Å². The highest BCUT2D eigenvalue weighted by atomic mass is 32.1. The van der Waals surface area contributed by atoms with Gasteiger partial charge in [-0.1, -0.05) is 35.6 Å². The lowest BCUT2D eigenvalue weighted by Crippen LogP contribution is -2.32. The molecule has 0 bridgehead atoms. The molecule has 5 rings (SSSR count). The second-order valence-corrected chi connectivity index (χ2v) is 7.67. The van der Waals surface area contributed by atoms with Crippen LogP contribution in [0.5, 0.6) is 5.75 Å². The molecule has 1 amide bonds. The Bertz CT molecular complexity index is 1420. The van der Waals surface area contributed by atoms with Gasteiger partial charge in [-0.25, -0.2) is 0 Å². The molecule has 0 unspecified atom stereocenters. The lowest BCUT2D eigenvalue weighted by molar-refractivity contribution is -0.112. The van der Waals surface area contributed by atoms with Gasteiger partial charge in [0.05, 0.1) is 18.4 Å². The van der Waals surface area contributed by atoms with E-state index in [1.807, 2.05) is 48.5 Å². The third-order valence-electron chi connectivity index (χ3n) is 4.97. The van der Waals surface area contributed by atoms with Crippen molar-refractivity contribution in [3.05, 3.63) is 81.6 Å². The summed E-state index contributed by atoms with van der Waals surface area (Å²) in [7, 11) is 1.60. The van der Waals surface area contributed by atoms with Gasteiger partial charge in [0.2, 0.25) is 4.96 Å². The molecule has 3 heterocycles. The first-order valence-corrected chi connectivity index (χ1v) is 10.0. The normalized spacial score (nSPS) is 15.0. The number of thiazole rings is 1. The minimum atomic E-state index is -0.346. The number of aromatic nitrogens is 3. The zero-order chi connectivity index (χ0) is 20.8. The van der Waals surface area contributed by atoms with Crippen molar-refractivity contribution in [2.45, 2.75) is 0 Å². The average molecular weight is 416 g/mol. The molecule has 7 nitrogen and oxygen atoms in total. The van der Waals surface area contributed by atoms with Crippen molar-refractivity contribution in [1.82, 2.24) is 14.6 Å². The third kappa shape index (κ3) is 2.65.